The molecule has 1 amide bonds. The molecule has 1 heterocycles. The molecule has 0 radical (unpaired) electrons. The molecule has 0 fully saturated rings. The second-order valence-corrected chi connectivity index (χ2v) is 7.17. The van der Waals surface area contributed by atoms with Crippen LogP contribution in [0.5, 0.6) is 0 Å². The molecule has 5 nitrogen and oxygen atoms in total. The number of nitrogens with zero attached hydrogens (tertiary/aromatic N) is 2. The summed E-state index contributed by atoms with van der Waals surface area (Å²) in [6, 6.07) is 18.2. The Balaban J connectivity index is 1.38. The minimum absolute atomic E-state index is 0.0483. The first-order valence-electron chi connectivity index (χ1n) is 9.59. The second-order valence-electron chi connectivity index (χ2n) is 7.17. The lowest BCUT2D eigenvalue weighted by atomic mass is 10.1. The molecule has 3 rings (SSSR count). The van der Waals surface area contributed by atoms with Crippen molar-refractivity contribution >= 4 is 5.91 Å². The SMILES string of the molecule is CN(C)Cc1ccc(CNC(=O)CCCc2ncc(-c3ccccc3)o2)cc1. The molecule has 0 unspecified atom stereocenters. The quantitative estimate of drug-likeness (QED) is 0.611. The third-order valence-electron chi connectivity index (χ3n) is 4.42. The normalized spacial score (nSPS) is 11.0. The summed E-state index contributed by atoms with van der Waals surface area (Å²) in [6.07, 6.45) is 3.56. The van der Waals surface area contributed by atoms with E-state index >= 15 is 0 Å². The summed E-state index contributed by atoms with van der Waals surface area (Å²) in [5.41, 5.74) is 3.38. The van der Waals surface area contributed by atoms with Gasteiger partial charge in [0.1, 0.15) is 0 Å². The van der Waals surface area contributed by atoms with Crippen LogP contribution in [0.4, 0.5) is 0 Å². The summed E-state index contributed by atoms with van der Waals surface area (Å²) in [5.74, 6) is 1.48. The summed E-state index contributed by atoms with van der Waals surface area (Å²) >= 11 is 0. The number of aromatic nitrogens is 1. The zero-order valence-electron chi connectivity index (χ0n) is 16.5. The van der Waals surface area contributed by atoms with Crippen LogP contribution < -0.4 is 5.32 Å². The van der Waals surface area contributed by atoms with E-state index in [2.05, 4.69) is 53.6 Å². The van der Waals surface area contributed by atoms with E-state index in [1.54, 1.807) is 6.20 Å². The van der Waals surface area contributed by atoms with Crippen molar-refractivity contribution in [2.45, 2.75) is 32.4 Å². The van der Waals surface area contributed by atoms with Gasteiger partial charge in [-0.15, -0.1) is 0 Å². The Morgan fingerprint density at radius 1 is 1.04 bits per heavy atom. The molecule has 28 heavy (non-hydrogen) atoms. The number of hydrogen-bond donors (Lipinski definition) is 1. The monoisotopic (exact) mass is 377 g/mol. The van der Waals surface area contributed by atoms with Crippen molar-refractivity contribution in [3.05, 3.63) is 77.8 Å². The third kappa shape index (κ3) is 6.06. The molecule has 3 aromatic rings. The highest BCUT2D eigenvalue weighted by Crippen LogP contribution is 2.20. The maximum absolute atomic E-state index is 12.1. The Morgan fingerprint density at radius 3 is 2.46 bits per heavy atom. The van der Waals surface area contributed by atoms with Crippen molar-refractivity contribution in [1.29, 1.82) is 0 Å². The van der Waals surface area contributed by atoms with Crippen LogP contribution in [0.25, 0.3) is 11.3 Å². The van der Waals surface area contributed by atoms with Gasteiger partial charge in [-0.2, -0.15) is 0 Å². The molecule has 1 N–H and O–H groups in total. The van der Waals surface area contributed by atoms with Gasteiger partial charge in [0, 0.05) is 31.5 Å². The number of carbonyl (C=O) groups is 1. The van der Waals surface area contributed by atoms with E-state index in [4.69, 9.17) is 4.42 Å². The van der Waals surface area contributed by atoms with Gasteiger partial charge in [-0.3, -0.25) is 4.79 Å². The van der Waals surface area contributed by atoms with Gasteiger partial charge in [0.15, 0.2) is 11.7 Å². The van der Waals surface area contributed by atoms with Crippen LogP contribution in [0.1, 0.15) is 29.9 Å². The minimum atomic E-state index is 0.0483. The molecule has 0 atom stereocenters. The zero-order valence-corrected chi connectivity index (χ0v) is 16.5. The van der Waals surface area contributed by atoms with Gasteiger partial charge in [-0.05, 0) is 31.6 Å². The first-order valence-corrected chi connectivity index (χ1v) is 9.59. The number of carbonyl (C=O) groups excluding carboxylic acids is 1. The van der Waals surface area contributed by atoms with Gasteiger partial charge in [-0.1, -0.05) is 54.6 Å². The first-order chi connectivity index (χ1) is 13.6. The number of rotatable bonds is 9. The van der Waals surface area contributed by atoms with Crippen LogP contribution in [0, 0.1) is 0 Å². The molecule has 0 aliphatic rings. The fourth-order valence-corrected chi connectivity index (χ4v) is 2.98. The largest absolute Gasteiger partial charge is 0.441 e. The van der Waals surface area contributed by atoms with E-state index < -0.39 is 0 Å². The summed E-state index contributed by atoms with van der Waals surface area (Å²) in [4.78, 5) is 18.5. The molecule has 0 aliphatic heterocycles. The van der Waals surface area contributed by atoms with Gasteiger partial charge in [0.25, 0.3) is 0 Å². The predicted molar refractivity (Wildman–Crippen MR) is 111 cm³/mol. The molecule has 146 valence electrons. The van der Waals surface area contributed by atoms with Crippen molar-refractivity contribution in [3.8, 4) is 11.3 Å². The average molecular weight is 377 g/mol. The molecule has 0 saturated heterocycles. The number of hydrogen-bond acceptors (Lipinski definition) is 4. The fourth-order valence-electron chi connectivity index (χ4n) is 2.98. The number of nitrogens with one attached hydrogen (secondary N) is 1. The molecule has 0 aliphatic carbocycles. The van der Waals surface area contributed by atoms with Crippen molar-refractivity contribution < 1.29 is 9.21 Å². The standard InChI is InChI=1S/C23H27N3O2/c1-26(2)17-19-13-11-18(12-14-19)15-24-22(27)9-6-10-23-25-16-21(28-23)20-7-4-3-5-8-20/h3-5,7-8,11-14,16H,6,9-10,15,17H2,1-2H3,(H,24,27). The lowest BCUT2D eigenvalue weighted by Crippen LogP contribution is -2.22. The fraction of sp³-hybridized carbons (Fsp3) is 0.304. The highest BCUT2D eigenvalue weighted by molar-refractivity contribution is 5.75. The minimum Gasteiger partial charge on any atom is -0.441 e. The van der Waals surface area contributed by atoms with Gasteiger partial charge in [0.05, 0.1) is 6.20 Å². The van der Waals surface area contributed by atoms with Crippen LogP contribution in [0.2, 0.25) is 0 Å². The first kappa shape index (κ1) is 19.8. The lowest BCUT2D eigenvalue weighted by Gasteiger charge is -2.10. The Morgan fingerprint density at radius 2 is 1.75 bits per heavy atom. The van der Waals surface area contributed by atoms with Crippen LogP contribution in [0.3, 0.4) is 0 Å². The van der Waals surface area contributed by atoms with Crippen molar-refractivity contribution in [1.82, 2.24) is 15.2 Å². The molecule has 1 aromatic heterocycles. The number of oxazole rings is 1. The third-order valence-corrected chi connectivity index (χ3v) is 4.42. The Kier molecular flexibility index (Phi) is 6.98. The number of benzene rings is 2. The molecular formula is C23H27N3O2. The van der Waals surface area contributed by atoms with E-state index in [1.807, 2.05) is 30.3 Å². The highest BCUT2D eigenvalue weighted by atomic mass is 16.4. The van der Waals surface area contributed by atoms with Gasteiger partial charge < -0.3 is 14.6 Å². The Bertz CT molecular complexity index is 870. The van der Waals surface area contributed by atoms with E-state index in [0.29, 0.717) is 31.7 Å². The van der Waals surface area contributed by atoms with Crippen molar-refractivity contribution in [3.63, 3.8) is 0 Å². The maximum Gasteiger partial charge on any atom is 0.220 e. The molecule has 0 saturated carbocycles. The predicted octanol–water partition coefficient (Wildman–Crippen LogP) is 4.04. The van der Waals surface area contributed by atoms with Gasteiger partial charge in [0.2, 0.25) is 5.91 Å². The molecule has 0 spiro atoms. The lowest BCUT2D eigenvalue weighted by molar-refractivity contribution is -0.121. The number of aryl methyl sites for hydroxylation is 1. The molecule has 5 heteroatoms. The Labute approximate surface area is 166 Å². The van der Waals surface area contributed by atoms with E-state index in [0.717, 1.165) is 23.4 Å². The van der Waals surface area contributed by atoms with Crippen LogP contribution in [-0.2, 0) is 24.3 Å². The highest BCUT2D eigenvalue weighted by Gasteiger charge is 2.08. The summed E-state index contributed by atoms with van der Waals surface area (Å²) in [6.45, 7) is 1.47. The molecular weight excluding hydrogens is 350 g/mol. The van der Waals surface area contributed by atoms with Gasteiger partial charge >= 0.3 is 0 Å². The summed E-state index contributed by atoms with van der Waals surface area (Å²) in [5, 5.41) is 2.98. The van der Waals surface area contributed by atoms with Gasteiger partial charge in [-0.25, -0.2) is 4.98 Å². The van der Waals surface area contributed by atoms with Crippen LogP contribution in [0.15, 0.2) is 65.2 Å². The maximum atomic E-state index is 12.1. The second kappa shape index (κ2) is 9.85. The van der Waals surface area contributed by atoms with Crippen molar-refractivity contribution in [2.24, 2.45) is 0 Å². The Hall–Kier alpha value is -2.92. The van der Waals surface area contributed by atoms with Crippen LogP contribution >= 0.6 is 0 Å². The average Bonchev–Trinajstić information content (AvgIpc) is 3.17. The molecule has 2 aromatic carbocycles. The molecule has 0 bridgehead atoms. The van der Waals surface area contributed by atoms with E-state index in [1.165, 1.54) is 5.56 Å². The van der Waals surface area contributed by atoms with Crippen molar-refractivity contribution in [2.75, 3.05) is 14.1 Å². The van der Waals surface area contributed by atoms with E-state index in [9.17, 15) is 4.79 Å². The number of amides is 1. The summed E-state index contributed by atoms with van der Waals surface area (Å²) < 4.78 is 5.77. The summed E-state index contributed by atoms with van der Waals surface area (Å²) in [7, 11) is 4.10. The van der Waals surface area contributed by atoms with E-state index in [-0.39, 0.29) is 5.91 Å². The van der Waals surface area contributed by atoms with Crippen LogP contribution in [-0.4, -0.2) is 29.9 Å². The zero-order chi connectivity index (χ0) is 19.8. The smallest absolute Gasteiger partial charge is 0.220 e. The topological polar surface area (TPSA) is 58.4 Å².